The molecule has 4 heteroatoms. The molecule has 28 heavy (non-hydrogen) atoms. The van der Waals surface area contributed by atoms with Gasteiger partial charge in [-0.05, 0) is 54.7 Å². The third-order valence-corrected chi connectivity index (χ3v) is 5.58. The van der Waals surface area contributed by atoms with Gasteiger partial charge < -0.3 is 10.0 Å². The number of aldehydes is 1. The number of hydrogen-bond acceptors (Lipinski definition) is 4. The Morgan fingerprint density at radius 3 is 2.57 bits per heavy atom. The molecule has 0 saturated carbocycles. The number of phenolic OH excluding ortho intramolecular Hbond substituents is 1. The quantitative estimate of drug-likeness (QED) is 0.599. The first-order valence-corrected chi connectivity index (χ1v) is 11.0. The number of aryl methyl sites for hydroxylation is 1. The fourth-order valence-electron chi connectivity index (χ4n) is 3.73. The zero-order valence-corrected chi connectivity index (χ0v) is 18.3. The molecule has 1 heterocycles. The highest BCUT2D eigenvalue weighted by molar-refractivity contribution is 5.82. The van der Waals surface area contributed by atoms with E-state index < -0.39 is 0 Å². The Labute approximate surface area is 171 Å². The van der Waals surface area contributed by atoms with Crippen LogP contribution < -0.4 is 0 Å². The van der Waals surface area contributed by atoms with Crippen LogP contribution in [-0.2, 0) is 11.8 Å². The number of amidine groups is 1. The Kier molecular flexibility index (Phi) is 8.53. The smallest absolute Gasteiger partial charge is 0.153 e. The van der Waals surface area contributed by atoms with E-state index in [1.807, 2.05) is 6.07 Å². The first-order valence-electron chi connectivity index (χ1n) is 11.0. The lowest BCUT2D eigenvalue weighted by Crippen LogP contribution is -2.33. The molecule has 0 atom stereocenters. The van der Waals surface area contributed by atoms with E-state index in [4.69, 9.17) is 4.99 Å². The summed E-state index contributed by atoms with van der Waals surface area (Å²) < 4.78 is 0. The molecule has 4 nitrogen and oxygen atoms in total. The van der Waals surface area contributed by atoms with Crippen LogP contribution in [0.1, 0.15) is 94.1 Å². The molecule has 0 aromatic heterocycles. The molecule has 0 radical (unpaired) electrons. The lowest BCUT2D eigenvalue weighted by Gasteiger charge is -2.26. The average Bonchev–Trinajstić information content (AvgIpc) is 2.94. The van der Waals surface area contributed by atoms with Crippen molar-refractivity contribution in [2.75, 3.05) is 19.6 Å². The highest BCUT2D eigenvalue weighted by Crippen LogP contribution is 2.31. The first kappa shape index (κ1) is 22.4. The second-order valence-corrected chi connectivity index (χ2v) is 8.99. The van der Waals surface area contributed by atoms with Crippen molar-refractivity contribution in [3.8, 4) is 5.75 Å². The van der Waals surface area contributed by atoms with Gasteiger partial charge in [-0.25, -0.2) is 0 Å². The van der Waals surface area contributed by atoms with Gasteiger partial charge in [0, 0.05) is 26.1 Å². The molecule has 1 N–H and O–H groups in total. The molecule has 0 saturated heterocycles. The van der Waals surface area contributed by atoms with Crippen molar-refractivity contribution < 1.29 is 9.90 Å². The van der Waals surface area contributed by atoms with Gasteiger partial charge in [-0.2, -0.15) is 0 Å². The van der Waals surface area contributed by atoms with E-state index in [0.29, 0.717) is 5.56 Å². The first-order chi connectivity index (χ1) is 13.4. The van der Waals surface area contributed by atoms with Gasteiger partial charge in [-0.1, -0.05) is 46.6 Å². The summed E-state index contributed by atoms with van der Waals surface area (Å²) in [6.07, 6.45) is 9.64. The van der Waals surface area contributed by atoms with Gasteiger partial charge in [0.05, 0.1) is 11.4 Å². The van der Waals surface area contributed by atoms with Crippen LogP contribution in [0.25, 0.3) is 0 Å². The summed E-state index contributed by atoms with van der Waals surface area (Å²) in [4.78, 5) is 18.7. The number of rotatable bonds is 8. The molecule has 1 aliphatic heterocycles. The van der Waals surface area contributed by atoms with Crippen molar-refractivity contribution in [1.29, 1.82) is 0 Å². The van der Waals surface area contributed by atoms with Gasteiger partial charge in [0.25, 0.3) is 0 Å². The molecular weight excluding hydrogens is 348 g/mol. The number of benzene rings is 1. The molecule has 2 rings (SSSR count). The fraction of sp³-hybridized carbons (Fsp3) is 0.667. The van der Waals surface area contributed by atoms with Crippen LogP contribution in [-0.4, -0.2) is 41.8 Å². The molecule has 0 fully saturated rings. The van der Waals surface area contributed by atoms with Crippen LogP contribution in [0.5, 0.6) is 5.75 Å². The second-order valence-electron chi connectivity index (χ2n) is 8.99. The fourth-order valence-corrected chi connectivity index (χ4v) is 3.73. The van der Waals surface area contributed by atoms with Crippen LogP contribution in [0.15, 0.2) is 17.1 Å². The number of hydrogen-bond donors (Lipinski definition) is 1. The van der Waals surface area contributed by atoms with Gasteiger partial charge in [0.2, 0.25) is 0 Å². The lowest BCUT2D eigenvalue weighted by molar-refractivity contribution is 0.112. The van der Waals surface area contributed by atoms with Crippen LogP contribution in [0, 0.1) is 0 Å². The predicted molar refractivity (Wildman–Crippen MR) is 118 cm³/mol. The van der Waals surface area contributed by atoms with Crippen molar-refractivity contribution in [1.82, 2.24) is 4.90 Å². The van der Waals surface area contributed by atoms with Crippen molar-refractivity contribution in [2.45, 2.75) is 84.5 Å². The Balaban J connectivity index is 2.10. The number of phenols is 1. The summed E-state index contributed by atoms with van der Waals surface area (Å²) in [6.45, 7) is 11.6. The summed E-state index contributed by atoms with van der Waals surface area (Å²) in [5.41, 5.74) is 2.33. The Morgan fingerprint density at radius 2 is 1.89 bits per heavy atom. The van der Waals surface area contributed by atoms with Crippen molar-refractivity contribution >= 4 is 12.1 Å². The summed E-state index contributed by atoms with van der Waals surface area (Å²) in [6, 6.07) is 3.89. The average molecular weight is 387 g/mol. The molecular formula is C24H38N2O2. The summed E-state index contributed by atoms with van der Waals surface area (Å²) >= 11 is 0. The van der Waals surface area contributed by atoms with E-state index in [9.17, 15) is 9.90 Å². The lowest BCUT2D eigenvalue weighted by atomic mass is 9.84. The van der Waals surface area contributed by atoms with Crippen LogP contribution in [0.3, 0.4) is 0 Å². The van der Waals surface area contributed by atoms with Gasteiger partial charge >= 0.3 is 0 Å². The van der Waals surface area contributed by atoms with E-state index in [1.54, 1.807) is 0 Å². The molecule has 0 bridgehead atoms. The minimum Gasteiger partial charge on any atom is -0.507 e. The maximum absolute atomic E-state index is 11.4. The standard InChI is InChI=1S/C24H38N2O2/c1-5-6-14-26(22-12-8-7-9-13-25-22)15-10-11-19-16-21(24(2,3)4)17-20(18-27)23(19)28/h16-18,28H,5-15H2,1-4H3. The predicted octanol–water partition coefficient (Wildman–Crippen LogP) is 5.51. The molecule has 0 unspecified atom stereocenters. The van der Waals surface area contributed by atoms with Crippen LogP contribution in [0.4, 0.5) is 0 Å². The molecule has 1 aromatic carbocycles. The van der Waals surface area contributed by atoms with E-state index in [-0.39, 0.29) is 11.2 Å². The second kappa shape index (κ2) is 10.6. The number of carbonyl (C=O) groups is 1. The number of carbonyl (C=O) groups excluding carboxylic acids is 1. The molecule has 0 amide bonds. The van der Waals surface area contributed by atoms with Gasteiger partial charge in [-0.3, -0.25) is 9.79 Å². The van der Waals surface area contributed by atoms with E-state index in [0.717, 1.165) is 56.3 Å². The Morgan fingerprint density at radius 1 is 1.14 bits per heavy atom. The number of aromatic hydroxyl groups is 1. The normalized spacial score (nSPS) is 15.1. The summed E-state index contributed by atoms with van der Waals surface area (Å²) in [5.74, 6) is 1.42. The largest absolute Gasteiger partial charge is 0.507 e. The minimum absolute atomic E-state index is 0.0531. The summed E-state index contributed by atoms with van der Waals surface area (Å²) in [7, 11) is 0. The van der Waals surface area contributed by atoms with Gasteiger partial charge in [-0.15, -0.1) is 0 Å². The number of aliphatic imine (C=N–C) groups is 1. The van der Waals surface area contributed by atoms with E-state index in [2.05, 4.69) is 38.7 Å². The van der Waals surface area contributed by atoms with E-state index in [1.165, 1.54) is 37.9 Å². The minimum atomic E-state index is -0.0531. The van der Waals surface area contributed by atoms with E-state index >= 15 is 0 Å². The highest BCUT2D eigenvalue weighted by atomic mass is 16.3. The topological polar surface area (TPSA) is 52.9 Å². The van der Waals surface area contributed by atoms with Crippen molar-refractivity contribution in [2.24, 2.45) is 4.99 Å². The number of unbranched alkanes of at least 4 members (excludes halogenated alkanes) is 1. The monoisotopic (exact) mass is 386 g/mol. The Bertz CT molecular complexity index is 674. The molecule has 1 aliphatic rings. The summed E-state index contributed by atoms with van der Waals surface area (Å²) in [5, 5.41) is 10.5. The van der Waals surface area contributed by atoms with Gasteiger partial charge in [0.15, 0.2) is 6.29 Å². The zero-order valence-electron chi connectivity index (χ0n) is 18.3. The third-order valence-electron chi connectivity index (χ3n) is 5.58. The molecule has 156 valence electrons. The third kappa shape index (κ3) is 6.35. The van der Waals surface area contributed by atoms with Crippen molar-refractivity contribution in [3.05, 3.63) is 28.8 Å². The zero-order chi connectivity index (χ0) is 20.6. The van der Waals surface area contributed by atoms with Crippen LogP contribution >= 0.6 is 0 Å². The molecule has 0 aliphatic carbocycles. The SMILES string of the molecule is CCCCN(CCCc1cc(C(C)(C)C)cc(C=O)c1O)C1=NCCCCC1. The highest BCUT2D eigenvalue weighted by Gasteiger charge is 2.19. The maximum atomic E-state index is 11.4. The number of nitrogens with zero attached hydrogens (tertiary/aromatic N) is 2. The molecule has 1 aromatic rings. The maximum Gasteiger partial charge on any atom is 0.153 e. The Hall–Kier alpha value is -1.84. The van der Waals surface area contributed by atoms with Gasteiger partial charge in [0.1, 0.15) is 5.75 Å². The van der Waals surface area contributed by atoms with Crippen molar-refractivity contribution in [3.63, 3.8) is 0 Å². The van der Waals surface area contributed by atoms with Crippen LogP contribution in [0.2, 0.25) is 0 Å². The molecule has 0 spiro atoms.